The molecule has 12 heteroatoms. The van der Waals surface area contributed by atoms with Crippen LogP contribution in [0.15, 0.2) is 0 Å². The first-order chi connectivity index (χ1) is 18.5. The highest BCUT2D eigenvalue weighted by Crippen LogP contribution is 2.27. The Hall–Kier alpha value is -2.02. The quantitative estimate of drug-likeness (QED) is 0.0833. The Balaban J connectivity index is 3.02. The van der Waals surface area contributed by atoms with Gasteiger partial charge in [-0.25, -0.2) is 0 Å². The fourth-order valence-electron chi connectivity index (χ4n) is 4.87. The molecule has 0 aromatic heterocycles. The number of nitrogens with two attached hydrogens (primary N) is 3. The van der Waals surface area contributed by atoms with Gasteiger partial charge in [0.1, 0.15) is 24.4 Å². The van der Waals surface area contributed by atoms with Crippen LogP contribution >= 0.6 is 12.6 Å². The van der Waals surface area contributed by atoms with Gasteiger partial charge in [-0.1, -0.05) is 52.4 Å². The van der Waals surface area contributed by atoms with Crippen molar-refractivity contribution in [3.8, 4) is 0 Å². The number of hydrogen-bond acceptors (Lipinski definition) is 9. The summed E-state index contributed by atoms with van der Waals surface area (Å²) in [7, 11) is 0. The smallest absolute Gasteiger partial charge is 0.252 e. The van der Waals surface area contributed by atoms with Gasteiger partial charge in [-0.05, 0) is 51.0 Å². The van der Waals surface area contributed by atoms with Crippen molar-refractivity contribution in [1.29, 1.82) is 0 Å². The summed E-state index contributed by atoms with van der Waals surface area (Å²) in [6.07, 6.45) is 8.27. The van der Waals surface area contributed by atoms with E-state index in [1.54, 1.807) is 0 Å². The normalized spacial score (nSPS) is 17.9. The maximum atomic E-state index is 13.7. The lowest BCUT2D eigenvalue weighted by Crippen LogP contribution is -2.60. The van der Waals surface area contributed by atoms with E-state index >= 15 is 0 Å². The second-order valence-corrected chi connectivity index (χ2v) is 11.5. The van der Waals surface area contributed by atoms with Crippen LogP contribution in [-0.4, -0.2) is 77.3 Å². The van der Waals surface area contributed by atoms with Crippen LogP contribution in [0, 0.1) is 11.8 Å². The standard InChI is InChI=1S/C27H50N6O5S/c1-17(2)13-23(32-24(35)18(3)31-25(36)21(29)11-7-8-12-28)27(38)33(20(15-34)16-39)26(37)22(30)14-19-9-5-4-6-10-19/h15,17-23,39H,4-14,16,28-30H2,1-3H3,(H,31,36)(H,32,35)/t18-,20+,21-,22-,23-/m0/s1. The number of nitrogens with one attached hydrogen (secondary N) is 2. The van der Waals surface area contributed by atoms with Gasteiger partial charge in [-0.2, -0.15) is 12.6 Å². The molecular formula is C27H50N6O5S. The Morgan fingerprint density at radius 3 is 2.13 bits per heavy atom. The van der Waals surface area contributed by atoms with Gasteiger partial charge >= 0.3 is 0 Å². The van der Waals surface area contributed by atoms with Gasteiger partial charge in [-0.15, -0.1) is 0 Å². The van der Waals surface area contributed by atoms with E-state index in [1.165, 1.54) is 6.92 Å². The molecule has 11 nitrogen and oxygen atoms in total. The average molecular weight is 571 g/mol. The molecule has 0 heterocycles. The first-order valence-corrected chi connectivity index (χ1v) is 14.8. The van der Waals surface area contributed by atoms with Crippen LogP contribution in [0.1, 0.15) is 85.0 Å². The van der Waals surface area contributed by atoms with E-state index in [9.17, 15) is 24.0 Å². The molecule has 0 spiro atoms. The molecule has 0 aliphatic heterocycles. The van der Waals surface area contributed by atoms with E-state index in [0.29, 0.717) is 32.1 Å². The van der Waals surface area contributed by atoms with Gasteiger partial charge in [0.15, 0.2) is 0 Å². The van der Waals surface area contributed by atoms with E-state index in [1.807, 2.05) is 13.8 Å². The van der Waals surface area contributed by atoms with Crippen LogP contribution in [0.5, 0.6) is 0 Å². The summed E-state index contributed by atoms with van der Waals surface area (Å²) < 4.78 is 0. The van der Waals surface area contributed by atoms with Crippen molar-refractivity contribution in [3.05, 3.63) is 0 Å². The van der Waals surface area contributed by atoms with Crippen LogP contribution < -0.4 is 27.8 Å². The van der Waals surface area contributed by atoms with Crippen molar-refractivity contribution in [2.75, 3.05) is 12.3 Å². The lowest BCUT2D eigenvalue weighted by Gasteiger charge is -2.33. The molecule has 0 unspecified atom stereocenters. The number of unbranched alkanes of at least 4 members (excludes halogenated alkanes) is 1. The van der Waals surface area contributed by atoms with Gasteiger partial charge in [0.2, 0.25) is 17.7 Å². The molecule has 1 saturated carbocycles. The molecule has 0 bridgehead atoms. The number of thiol groups is 1. The third-order valence-electron chi connectivity index (χ3n) is 7.16. The molecular weight excluding hydrogens is 520 g/mol. The molecule has 1 fully saturated rings. The number of imide groups is 1. The molecule has 5 atom stereocenters. The molecule has 0 aromatic rings. The Bertz CT molecular complexity index is 808. The Kier molecular flexibility index (Phi) is 16.5. The SMILES string of the molecule is CC(C)C[C@H](NC(=O)[C@H](C)NC(=O)[C@@H](N)CCCCN)C(=O)N(C(=O)[C@@H](N)CC1CCCCC1)[C@H](C=O)CS. The van der Waals surface area contributed by atoms with Gasteiger partial charge in [0, 0.05) is 5.75 Å². The van der Waals surface area contributed by atoms with Crippen molar-refractivity contribution >= 4 is 42.5 Å². The summed E-state index contributed by atoms with van der Waals surface area (Å²) >= 11 is 4.18. The first kappa shape index (κ1) is 35.0. The van der Waals surface area contributed by atoms with Crippen molar-refractivity contribution in [2.45, 2.75) is 115 Å². The Morgan fingerprint density at radius 2 is 1.59 bits per heavy atom. The maximum absolute atomic E-state index is 13.7. The van der Waals surface area contributed by atoms with Crippen molar-refractivity contribution in [2.24, 2.45) is 29.0 Å². The second kappa shape index (κ2) is 18.4. The number of hydrogen-bond donors (Lipinski definition) is 6. The number of carbonyl (C=O) groups is 5. The number of carbonyl (C=O) groups excluding carboxylic acids is 5. The first-order valence-electron chi connectivity index (χ1n) is 14.2. The predicted octanol–water partition coefficient (Wildman–Crippen LogP) is 0.629. The summed E-state index contributed by atoms with van der Waals surface area (Å²) in [4.78, 5) is 65.4. The lowest BCUT2D eigenvalue weighted by atomic mass is 9.84. The van der Waals surface area contributed by atoms with Crippen molar-refractivity contribution in [1.82, 2.24) is 15.5 Å². The van der Waals surface area contributed by atoms with E-state index in [-0.39, 0.29) is 24.0 Å². The zero-order chi connectivity index (χ0) is 29.5. The van der Waals surface area contributed by atoms with Crippen LogP contribution in [0.4, 0.5) is 0 Å². The van der Waals surface area contributed by atoms with Gasteiger partial charge in [-0.3, -0.25) is 24.1 Å². The number of aldehydes is 1. The molecule has 0 aromatic carbocycles. The number of nitrogens with zero attached hydrogens (tertiary/aromatic N) is 1. The fraction of sp³-hybridized carbons (Fsp3) is 0.815. The van der Waals surface area contributed by atoms with Crippen LogP contribution in [0.25, 0.3) is 0 Å². The third-order valence-corrected chi connectivity index (χ3v) is 7.53. The van der Waals surface area contributed by atoms with Crippen LogP contribution in [-0.2, 0) is 24.0 Å². The minimum Gasteiger partial charge on any atom is -0.343 e. The molecule has 1 aliphatic rings. The maximum Gasteiger partial charge on any atom is 0.252 e. The zero-order valence-corrected chi connectivity index (χ0v) is 24.7. The Labute approximate surface area is 238 Å². The second-order valence-electron chi connectivity index (χ2n) is 11.1. The summed E-state index contributed by atoms with van der Waals surface area (Å²) in [5, 5.41) is 5.24. The number of rotatable bonds is 17. The third kappa shape index (κ3) is 11.9. The van der Waals surface area contributed by atoms with Crippen LogP contribution in [0.2, 0.25) is 0 Å². The molecule has 0 radical (unpaired) electrons. The monoisotopic (exact) mass is 570 g/mol. The van der Waals surface area contributed by atoms with Crippen molar-refractivity contribution in [3.63, 3.8) is 0 Å². The summed E-state index contributed by atoms with van der Waals surface area (Å²) in [5.74, 6) is -2.27. The fourth-order valence-corrected chi connectivity index (χ4v) is 5.11. The van der Waals surface area contributed by atoms with E-state index in [4.69, 9.17) is 17.2 Å². The number of amides is 4. The minimum absolute atomic E-state index is 0.0290. The molecule has 4 amide bonds. The molecule has 39 heavy (non-hydrogen) atoms. The van der Waals surface area contributed by atoms with Gasteiger partial charge in [0.25, 0.3) is 5.91 Å². The highest BCUT2D eigenvalue weighted by atomic mass is 32.1. The minimum atomic E-state index is -1.12. The van der Waals surface area contributed by atoms with E-state index in [0.717, 1.165) is 43.4 Å². The molecule has 224 valence electrons. The topological polar surface area (TPSA) is 191 Å². The molecule has 1 rings (SSSR count). The average Bonchev–Trinajstić information content (AvgIpc) is 2.90. The Morgan fingerprint density at radius 1 is 0.949 bits per heavy atom. The van der Waals surface area contributed by atoms with Crippen molar-refractivity contribution < 1.29 is 24.0 Å². The lowest BCUT2D eigenvalue weighted by molar-refractivity contribution is -0.152. The van der Waals surface area contributed by atoms with Gasteiger partial charge in [0.05, 0.1) is 12.1 Å². The summed E-state index contributed by atoms with van der Waals surface area (Å²) in [6.45, 7) is 5.73. The zero-order valence-electron chi connectivity index (χ0n) is 23.8. The molecule has 1 aliphatic carbocycles. The van der Waals surface area contributed by atoms with E-state index < -0.39 is 53.8 Å². The molecule has 8 N–H and O–H groups in total. The van der Waals surface area contributed by atoms with Gasteiger partial charge < -0.3 is 32.6 Å². The predicted molar refractivity (Wildman–Crippen MR) is 155 cm³/mol. The van der Waals surface area contributed by atoms with E-state index in [2.05, 4.69) is 23.3 Å². The summed E-state index contributed by atoms with van der Waals surface area (Å²) in [5.41, 5.74) is 17.7. The summed E-state index contributed by atoms with van der Waals surface area (Å²) in [6, 6.07) is -4.95. The molecule has 0 saturated heterocycles. The highest BCUT2D eigenvalue weighted by Gasteiger charge is 2.38. The highest BCUT2D eigenvalue weighted by molar-refractivity contribution is 7.80. The van der Waals surface area contributed by atoms with Crippen LogP contribution in [0.3, 0.4) is 0 Å². The largest absolute Gasteiger partial charge is 0.343 e.